The van der Waals surface area contributed by atoms with E-state index in [-0.39, 0.29) is 18.9 Å². The van der Waals surface area contributed by atoms with Gasteiger partial charge in [0.15, 0.2) is 0 Å². The number of nitrogens with one attached hydrogen (secondary N) is 1. The van der Waals surface area contributed by atoms with Crippen LogP contribution in [-0.4, -0.2) is 31.3 Å². The van der Waals surface area contributed by atoms with Crippen LogP contribution in [0.15, 0.2) is 24.3 Å². The Labute approximate surface area is 135 Å². The molecule has 1 heterocycles. The minimum Gasteiger partial charge on any atom is -0.381 e. The van der Waals surface area contributed by atoms with Gasteiger partial charge in [-0.15, -0.1) is 0 Å². The van der Waals surface area contributed by atoms with Crippen molar-refractivity contribution >= 4 is 11.4 Å². The van der Waals surface area contributed by atoms with Gasteiger partial charge in [-0.2, -0.15) is 13.2 Å². The largest absolute Gasteiger partial charge is 0.391 e. The number of hydrogen-bond donors (Lipinski definition) is 2. The van der Waals surface area contributed by atoms with Crippen LogP contribution in [0.1, 0.15) is 32.1 Å². The molecule has 6 heteroatoms. The third kappa shape index (κ3) is 3.91. The molecule has 0 unspecified atom stereocenters. The maximum absolute atomic E-state index is 12.7. The van der Waals surface area contributed by atoms with Gasteiger partial charge < -0.3 is 16.0 Å². The molecule has 0 spiro atoms. The maximum Gasteiger partial charge on any atom is 0.391 e. The number of hydrogen-bond acceptors (Lipinski definition) is 3. The molecule has 3 N–H and O–H groups in total. The highest BCUT2D eigenvalue weighted by molar-refractivity contribution is 5.55. The van der Waals surface area contributed by atoms with Gasteiger partial charge in [-0.05, 0) is 56.4 Å². The zero-order valence-corrected chi connectivity index (χ0v) is 13.1. The van der Waals surface area contributed by atoms with Gasteiger partial charge >= 0.3 is 6.18 Å². The van der Waals surface area contributed by atoms with E-state index < -0.39 is 12.1 Å². The van der Waals surface area contributed by atoms with Crippen molar-refractivity contribution in [2.75, 3.05) is 23.3 Å². The molecule has 0 radical (unpaired) electrons. The van der Waals surface area contributed by atoms with Crippen molar-refractivity contribution in [1.82, 2.24) is 0 Å². The molecular formula is C17H24F3N3. The van der Waals surface area contributed by atoms with E-state index in [1.54, 1.807) is 0 Å². The number of nitrogens with zero attached hydrogens (tertiary/aromatic N) is 1. The summed E-state index contributed by atoms with van der Waals surface area (Å²) >= 11 is 0. The predicted octanol–water partition coefficient (Wildman–Crippen LogP) is 3.76. The van der Waals surface area contributed by atoms with Gasteiger partial charge in [-0.25, -0.2) is 0 Å². The molecule has 0 aromatic heterocycles. The van der Waals surface area contributed by atoms with Gasteiger partial charge in [-0.3, -0.25) is 0 Å². The van der Waals surface area contributed by atoms with Crippen LogP contribution in [0.3, 0.4) is 0 Å². The first-order valence-electron chi connectivity index (χ1n) is 8.37. The number of halogens is 3. The molecule has 3 nitrogen and oxygen atoms in total. The van der Waals surface area contributed by atoms with Crippen LogP contribution < -0.4 is 16.0 Å². The number of piperidine rings is 1. The first-order valence-corrected chi connectivity index (χ1v) is 8.37. The highest BCUT2D eigenvalue weighted by Gasteiger charge is 2.41. The molecule has 3 rings (SSSR count). The zero-order valence-electron chi connectivity index (χ0n) is 13.1. The molecule has 2 fully saturated rings. The summed E-state index contributed by atoms with van der Waals surface area (Å²) < 4.78 is 38.1. The Bertz CT molecular complexity index is 507. The monoisotopic (exact) mass is 327 g/mol. The highest BCUT2D eigenvalue weighted by Crippen LogP contribution is 2.35. The van der Waals surface area contributed by atoms with Crippen LogP contribution >= 0.6 is 0 Å². The van der Waals surface area contributed by atoms with Crippen molar-refractivity contribution in [2.24, 2.45) is 11.7 Å². The topological polar surface area (TPSA) is 41.3 Å². The van der Waals surface area contributed by atoms with Crippen molar-refractivity contribution in [3.05, 3.63) is 24.3 Å². The fourth-order valence-corrected chi connectivity index (χ4v) is 3.62. The van der Waals surface area contributed by atoms with Crippen LogP contribution in [-0.2, 0) is 0 Å². The Balaban J connectivity index is 1.56. The average Bonchev–Trinajstić information content (AvgIpc) is 2.93. The molecule has 128 valence electrons. The van der Waals surface area contributed by atoms with E-state index in [2.05, 4.69) is 5.32 Å². The third-order valence-corrected chi connectivity index (χ3v) is 5.11. The SMILES string of the molecule is N[C@@H]1CCC[C@H]1Nc1ccc(N2CCC(C(F)(F)F)CC2)cc1. The number of alkyl halides is 3. The van der Waals surface area contributed by atoms with Crippen molar-refractivity contribution in [2.45, 2.75) is 50.4 Å². The van der Waals surface area contributed by atoms with Crippen molar-refractivity contribution in [3.8, 4) is 0 Å². The lowest BCUT2D eigenvalue weighted by atomic mass is 9.96. The molecule has 1 aromatic carbocycles. The Hall–Kier alpha value is -1.43. The molecule has 2 aliphatic rings. The fraction of sp³-hybridized carbons (Fsp3) is 0.647. The molecule has 1 aromatic rings. The second kappa shape index (κ2) is 6.59. The molecule has 1 saturated heterocycles. The summed E-state index contributed by atoms with van der Waals surface area (Å²) in [6.45, 7) is 0.925. The molecule has 23 heavy (non-hydrogen) atoms. The van der Waals surface area contributed by atoms with Crippen molar-refractivity contribution in [1.29, 1.82) is 0 Å². The van der Waals surface area contributed by atoms with E-state index in [9.17, 15) is 13.2 Å². The van der Waals surface area contributed by atoms with E-state index in [1.165, 1.54) is 0 Å². The van der Waals surface area contributed by atoms with Crippen molar-refractivity contribution < 1.29 is 13.2 Å². The van der Waals surface area contributed by atoms with Crippen molar-refractivity contribution in [3.63, 3.8) is 0 Å². The van der Waals surface area contributed by atoms with Crippen LogP contribution in [0.5, 0.6) is 0 Å². The summed E-state index contributed by atoms with van der Waals surface area (Å²) in [6, 6.07) is 8.49. The quantitative estimate of drug-likeness (QED) is 0.888. The summed E-state index contributed by atoms with van der Waals surface area (Å²) in [7, 11) is 0. The first-order chi connectivity index (χ1) is 10.9. The van der Waals surface area contributed by atoms with Gasteiger partial charge in [0.05, 0.1) is 5.92 Å². The second-order valence-electron chi connectivity index (χ2n) is 6.70. The second-order valence-corrected chi connectivity index (χ2v) is 6.70. The Morgan fingerprint density at radius 2 is 1.65 bits per heavy atom. The predicted molar refractivity (Wildman–Crippen MR) is 86.7 cm³/mol. The van der Waals surface area contributed by atoms with E-state index in [4.69, 9.17) is 5.73 Å². The number of benzene rings is 1. The molecule has 2 atom stereocenters. The van der Waals surface area contributed by atoms with Crippen LogP contribution in [0, 0.1) is 5.92 Å². The summed E-state index contributed by atoms with van der Waals surface area (Å²) in [5, 5.41) is 3.46. The minimum absolute atomic E-state index is 0.181. The summed E-state index contributed by atoms with van der Waals surface area (Å²) in [5.74, 6) is -1.15. The highest BCUT2D eigenvalue weighted by atomic mass is 19.4. The number of nitrogens with two attached hydrogens (primary N) is 1. The van der Waals surface area contributed by atoms with E-state index in [1.807, 2.05) is 29.2 Å². The summed E-state index contributed by atoms with van der Waals surface area (Å²) in [4.78, 5) is 2.04. The Kier molecular flexibility index (Phi) is 4.71. The van der Waals surface area contributed by atoms with Gasteiger partial charge in [0.25, 0.3) is 0 Å². The number of rotatable bonds is 3. The van der Waals surface area contributed by atoms with Gasteiger partial charge in [0, 0.05) is 36.5 Å². The molecular weight excluding hydrogens is 303 g/mol. The zero-order chi connectivity index (χ0) is 16.4. The average molecular weight is 327 g/mol. The maximum atomic E-state index is 12.7. The van der Waals surface area contributed by atoms with E-state index in [0.717, 1.165) is 30.6 Å². The molecule has 1 aliphatic carbocycles. The van der Waals surface area contributed by atoms with Gasteiger partial charge in [-0.1, -0.05) is 0 Å². The third-order valence-electron chi connectivity index (χ3n) is 5.11. The molecule has 1 saturated carbocycles. The van der Waals surface area contributed by atoms with E-state index in [0.29, 0.717) is 19.1 Å². The summed E-state index contributed by atoms with van der Waals surface area (Å²) in [5.41, 5.74) is 8.08. The summed E-state index contributed by atoms with van der Waals surface area (Å²) in [6.07, 6.45) is -0.385. The molecule has 1 aliphatic heterocycles. The number of anilines is 2. The lowest BCUT2D eigenvalue weighted by Gasteiger charge is -2.34. The first kappa shape index (κ1) is 16.4. The lowest BCUT2D eigenvalue weighted by Crippen LogP contribution is -2.39. The van der Waals surface area contributed by atoms with E-state index >= 15 is 0 Å². The standard InChI is InChI=1S/C17H24F3N3/c18-17(19,20)12-8-10-23(11-9-12)14-6-4-13(5-7-14)22-16-3-1-2-15(16)21/h4-7,12,15-16,22H,1-3,8-11,21H2/t15-,16-/m1/s1. The van der Waals surface area contributed by atoms with Crippen LogP contribution in [0.4, 0.5) is 24.5 Å². The molecule has 0 amide bonds. The molecule has 0 bridgehead atoms. The lowest BCUT2D eigenvalue weighted by molar-refractivity contribution is -0.179. The van der Waals surface area contributed by atoms with Gasteiger partial charge in [0.2, 0.25) is 0 Å². The minimum atomic E-state index is -4.06. The Morgan fingerprint density at radius 1 is 1.00 bits per heavy atom. The van der Waals surface area contributed by atoms with Gasteiger partial charge in [0.1, 0.15) is 0 Å². The fourth-order valence-electron chi connectivity index (χ4n) is 3.62. The normalized spacial score (nSPS) is 26.5. The Morgan fingerprint density at radius 3 is 2.17 bits per heavy atom. The van der Waals surface area contributed by atoms with Crippen LogP contribution in [0.2, 0.25) is 0 Å². The smallest absolute Gasteiger partial charge is 0.381 e. The van der Waals surface area contributed by atoms with Crippen LogP contribution in [0.25, 0.3) is 0 Å².